The Hall–Kier alpha value is -3.07. The van der Waals surface area contributed by atoms with Gasteiger partial charge in [0, 0.05) is 23.0 Å². The van der Waals surface area contributed by atoms with Crippen LogP contribution < -0.4 is 0 Å². The first-order valence-corrected chi connectivity index (χ1v) is 9.11. The molecular weight excluding hydrogens is 336 g/mol. The number of carbonyl (C=O) groups is 1. The van der Waals surface area contributed by atoms with Gasteiger partial charge in [-0.25, -0.2) is 4.79 Å². The zero-order valence-corrected chi connectivity index (χ0v) is 15.8. The highest BCUT2D eigenvalue weighted by Gasteiger charge is 2.25. The molecular formula is C24H24O3. The van der Waals surface area contributed by atoms with Gasteiger partial charge in [0.25, 0.3) is 0 Å². The summed E-state index contributed by atoms with van der Waals surface area (Å²) >= 11 is 0. The second-order valence-electron chi connectivity index (χ2n) is 6.97. The van der Waals surface area contributed by atoms with E-state index in [1.807, 2.05) is 80.6 Å². The molecule has 0 radical (unpaired) electrons. The molecule has 3 heteroatoms. The Morgan fingerprint density at radius 2 is 1.26 bits per heavy atom. The van der Waals surface area contributed by atoms with E-state index in [9.17, 15) is 15.0 Å². The third-order valence-corrected chi connectivity index (χ3v) is 5.35. The minimum absolute atomic E-state index is 0.0468. The second-order valence-corrected chi connectivity index (χ2v) is 6.97. The fourth-order valence-corrected chi connectivity index (χ4v) is 3.66. The molecule has 0 fully saturated rings. The van der Waals surface area contributed by atoms with Gasteiger partial charge in [-0.3, -0.25) is 0 Å². The average molecular weight is 360 g/mol. The summed E-state index contributed by atoms with van der Waals surface area (Å²) in [4.78, 5) is 12.0. The topological polar surface area (TPSA) is 57.5 Å². The smallest absolute Gasteiger partial charge is 0.336 e. The maximum absolute atomic E-state index is 12.0. The molecule has 2 unspecified atom stereocenters. The predicted molar refractivity (Wildman–Crippen MR) is 108 cm³/mol. The monoisotopic (exact) mass is 360 g/mol. The molecule has 0 aliphatic heterocycles. The first kappa shape index (κ1) is 18.7. The molecule has 138 valence electrons. The van der Waals surface area contributed by atoms with Crippen LogP contribution in [0.2, 0.25) is 0 Å². The Bertz CT molecular complexity index is 946. The number of rotatable bonds is 5. The highest BCUT2D eigenvalue weighted by atomic mass is 16.4. The molecule has 3 aromatic carbocycles. The summed E-state index contributed by atoms with van der Waals surface area (Å²) in [5.41, 5.74) is 4.20. The molecule has 2 N–H and O–H groups in total. The van der Waals surface area contributed by atoms with Gasteiger partial charge in [-0.05, 0) is 23.6 Å². The van der Waals surface area contributed by atoms with E-state index in [4.69, 9.17) is 0 Å². The van der Waals surface area contributed by atoms with Crippen molar-refractivity contribution in [1.82, 2.24) is 0 Å². The molecule has 0 spiro atoms. The van der Waals surface area contributed by atoms with Gasteiger partial charge in [-0.2, -0.15) is 0 Å². The third kappa shape index (κ3) is 3.59. The number of carboxylic acid groups (broad SMARTS) is 1. The van der Waals surface area contributed by atoms with Crippen LogP contribution in [0, 0.1) is 6.92 Å². The Morgan fingerprint density at radius 1 is 0.815 bits per heavy atom. The van der Waals surface area contributed by atoms with Gasteiger partial charge in [-0.15, -0.1) is 0 Å². The van der Waals surface area contributed by atoms with Gasteiger partial charge >= 0.3 is 5.97 Å². The molecule has 0 amide bonds. The van der Waals surface area contributed by atoms with E-state index in [0.717, 1.165) is 22.3 Å². The highest BCUT2D eigenvalue weighted by molar-refractivity contribution is 5.93. The number of hydrogen-bond donors (Lipinski definition) is 2. The zero-order chi connectivity index (χ0) is 19.6. The number of benzene rings is 3. The molecule has 0 aliphatic carbocycles. The van der Waals surface area contributed by atoms with Crippen LogP contribution in [0.3, 0.4) is 0 Å². The summed E-state index contributed by atoms with van der Waals surface area (Å²) in [6.07, 6.45) is 0. The minimum Gasteiger partial charge on any atom is -0.507 e. The summed E-state index contributed by atoms with van der Waals surface area (Å²) in [6, 6.07) is 21.6. The summed E-state index contributed by atoms with van der Waals surface area (Å²) in [5.74, 6) is -1.10. The lowest BCUT2D eigenvalue weighted by atomic mass is 9.82. The Kier molecular flexibility index (Phi) is 5.31. The summed E-state index contributed by atoms with van der Waals surface area (Å²) < 4.78 is 0. The molecule has 27 heavy (non-hydrogen) atoms. The SMILES string of the molecule is Cc1c(O)c(C(C)c2ccccc2)cc(C(C)c2ccccc2)c1C(=O)O. The fourth-order valence-electron chi connectivity index (χ4n) is 3.66. The highest BCUT2D eigenvalue weighted by Crippen LogP contribution is 2.40. The maximum Gasteiger partial charge on any atom is 0.336 e. The largest absolute Gasteiger partial charge is 0.507 e. The van der Waals surface area contributed by atoms with Crippen molar-refractivity contribution in [2.24, 2.45) is 0 Å². The van der Waals surface area contributed by atoms with E-state index in [1.54, 1.807) is 6.92 Å². The van der Waals surface area contributed by atoms with Gasteiger partial charge in [0.1, 0.15) is 5.75 Å². The quantitative estimate of drug-likeness (QED) is 0.613. The number of carboxylic acids is 1. The molecule has 0 heterocycles. The van der Waals surface area contributed by atoms with E-state index in [2.05, 4.69) is 0 Å². The van der Waals surface area contributed by atoms with Crippen molar-refractivity contribution in [3.8, 4) is 5.75 Å². The lowest BCUT2D eigenvalue weighted by Crippen LogP contribution is -2.11. The van der Waals surface area contributed by atoms with Crippen LogP contribution in [-0.2, 0) is 0 Å². The minimum atomic E-state index is -1.01. The van der Waals surface area contributed by atoms with E-state index in [1.165, 1.54) is 0 Å². The van der Waals surface area contributed by atoms with Crippen molar-refractivity contribution in [1.29, 1.82) is 0 Å². The standard InChI is InChI=1S/C24H24O3/c1-15(18-10-6-4-7-11-18)20-14-21(16(2)19-12-8-5-9-13-19)23(25)17(3)22(20)24(26)27/h4-16,25H,1-3H3,(H,26,27). The van der Waals surface area contributed by atoms with Crippen LogP contribution >= 0.6 is 0 Å². The van der Waals surface area contributed by atoms with Crippen LogP contribution in [-0.4, -0.2) is 16.2 Å². The van der Waals surface area contributed by atoms with Crippen molar-refractivity contribution < 1.29 is 15.0 Å². The van der Waals surface area contributed by atoms with Gasteiger partial charge in [0.15, 0.2) is 0 Å². The first-order valence-electron chi connectivity index (χ1n) is 9.11. The van der Waals surface area contributed by atoms with Gasteiger partial charge < -0.3 is 10.2 Å². The van der Waals surface area contributed by atoms with Crippen LogP contribution in [0.25, 0.3) is 0 Å². The average Bonchev–Trinajstić information content (AvgIpc) is 2.69. The Morgan fingerprint density at radius 3 is 1.70 bits per heavy atom. The molecule has 2 atom stereocenters. The lowest BCUT2D eigenvalue weighted by molar-refractivity contribution is 0.0694. The van der Waals surface area contributed by atoms with E-state index in [-0.39, 0.29) is 23.1 Å². The number of hydrogen-bond acceptors (Lipinski definition) is 2. The van der Waals surface area contributed by atoms with Crippen LogP contribution in [0.1, 0.15) is 63.9 Å². The summed E-state index contributed by atoms with van der Waals surface area (Å²) in [5, 5.41) is 20.6. The van der Waals surface area contributed by atoms with Gasteiger partial charge in [0.05, 0.1) is 5.56 Å². The van der Waals surface area contributed by atoms with Crippen molar-refractivity contribution in [3.63, 3.8) is 0 Å². The number of aromatic hydroxyl groups is 1. The molecule has 0 aliphatic rings. The Labute approximate surface area is 159 Å². The third-order valence-electron chi connectivity index (χ3n) is 5.35. The van der Waals surface area contributed by atoms with Gasteiger partial charge in [0.2, 0.25) is 0 Å². The van der Waals surface area contributed by atoms with Crippen molar-refractivity contribution in [2.45, 2.75) is 32.6 Å². The first-order chi connectivity index (χ1) is 12.9. The molecule has 3 nitrogen and oxygen atoms in total. The molecule has 0 saturated carbocycles. The van der Waals surface area contributed by atoms with Crippen LogP contribution in [0.4, 0.5) is 0 Å². The summed E-state index contributed by atoms with van der Waals surface area (Å²) in [7, 11) is 0. The Balaban J connectivity index is 2.20. The van der Waals surface area contributed by atoms with Gasteiger partial charge in [-0.1, -0.05) is 80.6 Å². The van der Waals surface area contributed by atoms with Crippen molar-refractivity contribution in [3.05, 3.63) is 100 Å². The number of phenols is 1. The molecule has 0 saturated heterocycles. The summed E-state index contributed by atoms with van der Waals surface area (Å²) in [6.45, 7) is 5.72. The van der Waals surface area contributed by atoms with E-state index in [0.29, 0.717) is 5.56 Å². The molecule has 3 aromatic rings. The molecule has 0 bridgehead atoms. The lowest BCUT2D eigenvalue weighted by Gasteiger charge is -2.23. The van der Waals surface area contributed by atoms with E-state index < -0.39 is 5.97 Å². The predicted octanol–water partition coefficient (Wildman–Crippen LogP) is 5.70. The van der Waals surface area contributed by atoms with Crippen LogP contribution in [0.15, 0.2) is 66.7 Å². The van der Waals surface area contributed by atoms with Crippen LogP contribution in [0.5, 0.6) is 5.75 Å². The molecule has 3 rings (SSSR count). The normalized spacial score (nSPS) is 13.1. The van der Waals surface area contributed by atoms with Crippen molar-refractivity contribution >= 4 is 5.97 Å². The second kappa shape index (κ2) is 7.67. The van der Waals surface area contributed by atoms with Crippen molar-refractivity contribution in [2.75, 3.05) is 0 Å². The fraction of sp³-hybridized carbons (Fsp3) is 0.208. The zero-order valence-electron chi connectivity index (χ0n) is 15.8. The molecule has 0 aromatic heterocycles. The maximum atomic E-state index is 12.0. The number of aromatic carboxylic acids is 1. The number of phenolic OH excluding ortho intramolecular Hbond substituents is 1. The van der Waals surface area contributed by atoms with E-state index >= 15 is 0 Å².